The predicted molar refractivity (Wildman–Crippen MR) is 56.5 cm³/mol. The Morgan fingerprint density at radius 3 is 2.86 bits per heavy atom. The molecule has 0 aromatic heterocycles. The lowest BCUT2D eigenvalue weighted by Crippen LogP contribution is -1.94. The van der Waals surface area contributed by atoms with Crippen molar-refractivity contribution in [2.24, 2.45) is 0 Å². The minimum atomic E-state index is -0.246. The molecule has 0 heterocycles. The number of halogens is 2. The zero-order chi connectivity index (χ0) is 10.4. The largest absolute Gasteiger partial charge is 0.489 e. The van der Waals surface area contributed by atoms with Crippen LogP contribution in [0, 0.1) is 12.7 Å². The van der Waals surface area contributed by atoms with E-state index in [1.807, 2.05) is 0 Å². The zero-order valence-electron chi connectivity index (χ0n) is 7.97. The summed E-state index contributed by atoms with van der Waals surface area (Å²) in [6, 6.07) is 4.81. The summed E-state index contributed by atoms with van der Waals surface area (Å²) >= 11 is 5.43. The van der Waals surface area contributed by atoms with Crippen molar-refractivity contribution in [3.05, 3.63) is 41.7 Å². The lowest BCUT2D eigenvalue weighted by atomic mass is 10.2. The van der Waals surface area contributed by atoms with Crippen molar-refractivity contribution in [1.82, 2.24) is 0 Å². The molecule has 1 aromatic carbocycles. The molecule has 0 bridgehead atoms. The summed E-state index contributed by atoms with van der Waals surface area (Å²) in [6.45, 7) is 2.13. The van der Waals surface area contributed by atoms with Gasteiger partial charge in [-0.1, -0.05) is 18.2 Å². The van der Waals surface area contributed by atoms with E-state index in [-0.39, 0.29) is 5.82 Å². The summed E-state index contributed by atoms with van der Waals surface area (Å²) in [5.74, 6) is 0.752. The van der Waals surface area contributed by atoms with Gasteiger partial charge in [0.1, 0.15) is 18.2 Å². The van der Waals surface area contributed by atoms with E-state index >= 15 is 0 Å². The van der Waals surface area contributed by atoms with E-state index in [4.69, 9.17) is 16.3 Å². The quantitative estimate of drug-likeness (QED) is 0.552. The Bertz CT molecular complexity index is 323. The van der Waals surface area contributed by atoms with Crippen molar-refractivity contribution in [1.29, 1.82) is 0 Å². The van der Waals surface area contributed by atoms with Gasteiger partial charge in [0.05, 0.1) is 0 Å². The van der Waals surface area contributed by atoms with E-state index in [1.54, 1.807) is 31.2 Å². The highest BCUT2D eigenvalue weighted by Crippen LogP contribution is 2.15. The van der Waals surface area contributed by atoms with Gasteiger partial charge < -0.3 is 4.74 Å². The van der Waals surface area contributed by atoms with Crippen molar-refractivity contribution in [3.63, 3.8) is 0 Å². The van der Waals surface area contributed by atoms with Crippen LogP contribution in [0.2, 0.25) is 0 Å². The van der Waals surface area contributed by atoms with Crippen LogP contribution in [-0.4, -0.2) is 12.5 Å². The van der Waals surface area contributed by atoms with Crippen LogP contribution in [0.4, 0.5) is 4.39 Å². The van der Waals surface area contributed by atoms with Crippen molar-refractivity contribution in [2.45, 2.75) is 6.92 Å². The number of allylic oxidation sites excluding steroid dienone is 1. The highest BCUT2D eigenvalue weighted by atomic mass is 35.5. The van der Waals surface area contributed by atoms with Crippen LogP contribution < -0.4 is 4.74 Å². The Kier molecular flexibility index (Phi) is 4.47. The Labute approximate surface area is 88.1 Å². The number of rotatable bonds is 4. The maximum Gasteiger partial charge on any atom is 0.129 e. The van der Waals surface area contributed by atoms with E-state index in [0.717, 1.165) is 0 Å². The first-order valence-corrected chi connectivity index (χ1v) is 4.87. The second kappa shape index (κ2) is 5.66. The number of alkyl halides is 1. The van der Waals surface area contributed by atoms with E-state index < -0.39 is 0 Å². The van der Waals surface area contributed by atoms with Crippen LogP contribution in [0.5, 0.6) is 5.75 Å². The maximum atomic E-state index is 13.0. The number of ether oxygens (including phenoxy) is 1. The van der Waals surface area contributed by atoms with E-state index in [2.05, 4.69) is 0 Å². The van der Waals surface area contributed by atoms with Gasteiger partial charge in [-0.05, 0) is 18.6 Å². The molecule has 0 aliphatic carbocycles. The molecule has 76 valence electrons. The molecule has 0 aliphatic heterocycles. The molecular formula is C11H12ClFO. The molecule has 0 radical (unpaired) electrons. The third-order valence-corrected chi connectivity index (χ3v) is 1.92. The smallest absolute Gasteiger partial charge is 0.129 e. The Morgan fingerprint density at radius 1 is 1.43 bits per heavy atom. The lowest BCUT2D eigenvalue weighted by molar-refractivity contribution is 0.360. The molecule has 0 aliphatic rings. The lowest BCUT2D eigenvalue weighted by Gasteiger charge is -2.03. The topological polar surface area (TPSA) is 9.23 Å². The SMILES string of the molecule is Cc1ccc(OC/C=C/CCl)cc1F. The molecule has 1 rings (SSSR count). The molecule has 3 heteroatoms. The second-order valence-corrected chi connectivity index (χ2v) is 3.16. The summed E-state index contributed by atoms with van der Waals surface area (Å²) in [6.07, 6.45) is 3.58. The molecule has 0 spiro atoms. The summed E-state index contributed by atoms with van der Waals surface area (Å²) in [5, 5.41) is 0. The van der Waals surface area contributed by atoms with Gasteiger partial charge in [-0.3, -0.25) is 0 Å². The van der Waals surface area contributed by atoms with Gasteiger partial charge in [0, 0.05) is 11.9 Å². The van der Waals surface area contributed by atoms with Gasteiger partial charge in [0.25, 0.3) is 0 Å². The Morgan fingerprint density at radius 2 is 2.21 bits per heavy atom. The molecule has 0 atom stereocenters. The van der Waals surface area contributed by atoms with E-state index in [9.17, 15) is 4.39 Å². The van der Waals surface area contributed by atoms with Gasteiger partial charge >= 0.3 is 0 Å². The Hall–Kier alpha value is -1.02. The minimum absolute atomic E-state index is 0.246. The van der Waals surface area contributed by atoms with Crippen LogP contribution >= 0.6 is 11.6 Å². The number of benzene rings is 1. The van der Waals surface area contributed by atoms with Gasteiger partial charge in [-0.15, -0.1) is 11.6 Å². The van der Waals surface area contributed by atoms with Gasteiger partial charge in [-0.2, -0.15) is 0 Å². The highest BCUT2D eigenvalue weighted by molar-refractivity contribution is 6.18. The fraction of sp³-hybridized carbons (Fsp3) is 0.273. The molecule has 0 N–H and O–H groups in total. The molecule has 0 unspecified atom stereocenters. The molecule has 0 saturated carbocycles. The van der Waals surface area contributed by atoms with Crippen LogP contribution in [0.25, 0.3) is 0 Å². The molecule has 0 saturated heterocycles. The molecular weight excluding hydrogens is 203 g/mol. The highest BCUT2D eigenvalue weighted by Gasteiger charge is 1.98. The van der Waals surface area contributed by atoms with Gasteiger partial charge in [0.15, 0.2) is 0 Å². The maximum absolute atomic E-state index is 13.0. The number of hydrogen-bond donors (Lipinski definition) is 0. The Balaban J connectivity index is 2.51. The van der Waals surface area contributed by atoms with Gasteiger partial charge in [0.2, 0.25) is 0 Å². The third-order valence-electron chi connectivity index (χ3n) is 1.75. The van der Waals surface area contributed by atoms with Crippen LogP contribution in [0.1, 0.15) is 5.56 Å². The first kappa shape index (κ1) is 11.1. The van der Waals surface area contributed by atoms with E-state index in [1.165, 1.54) is 6.07 Å². The van der Waals surface area contributed by atoms with Crippen LogP contribution in [-0.2, 0) is 0 Å². The standard InChI is InChI=1S/C11H12ClFO/c1-9-4-5-10(8-11(9)13)14-7-3-2-6-12/h2-5,8H,6-7H2,1H3/b3-2+. The summed E-state index contributed by atoms with van der Waals surface area (Å²) in [4.78, 5) is 0. The van der Waals surface area contributed by atoms with Crippen molar-refractivity contribution in [2.75, 3.05) is 12.5 Å². The number of aryl methyl sites for hydroxylation is 1. The monoisotopic (exact) mass is 214 g/mol. The van der Waals surface area contributed by atoms with E-state index in [0.29, 0.717) is 23.8 Å². The molecule has 1 nitrogen and oxygen atoms in total. The molecule has 0 amide bonds. The van der Waals surface area contributed by atoms with Crippen LogP contribution in [0.15, 0.2) is 30.4 Å². The molecule has 1 aromatic rings. The summed E-state index contributed by atoms with van der Waals surface area (Å²) < 4.78 is 18.3. The van der Waals surface area contributed by atoms with Gasteiger partial charge in [-0.25, -0.2) is 4.39 Å². The second-order valence-electron chi connectivity index (χ2n) is 2.85. The summed E-state index contributed by atoms with van der Waals surface area (Å²) in [5.41, 5.74) is 0.619. The molecule has 14 heavy (non-hydrogen) atoms. The third kappa shape index (κ3) is 3.38. The average molecular weight is 215 g/mol. The average Bonchev–Trinajstić information content (AvgIpc) is 2.18. The fourth-order valence-corrected chi connectivity index (χ4v) is 1.06. The van der Waals surface area contributed by atoms with Crippen molar-refractivity contribution < 1.29 is 9.13 Å². The minimum Gasteiger partial charge on any atom is -0.489 e. The molecule has 0 fully saturated rings. The first-order chi connectivity index (χ1) is 6.74. The number of hydrogen-bond acceptors (Lipinski definition) is 1. The first-order valence-electron chi connectivity index (χ1n) is 4.34. The van der Waals surface area contributed by atoms with Crippen LogP contribution in [0.3, 0.4) is 0 Å². The fourth-order valence-electron chi connectivity index (χ4n) is 0.939. The normalized spacial score (nSPS) is 10.8. The van der Waals surface area contributed by atoms with Crippen molar-refractivity contribution in [3.8, 4) is 5.75 Å². The van der Waals surface area contributed by atoms with Crippen molar-refractivity contribution >= 4 is 11.6 Å². The predicted octanol–water partition coefficient (Wildman–Crippen LogP) is 3.31. The zero-order valence-corrected chi connectivity index (χ0v) is 8.72. The summed E-state index contributed by atoms with van der Waals surface area (Å²) in [7, 11) is 0.